The van der Waals surface area contributed by atoms with E-state index in [1.54, 1.807) is 18.2 Å². The van der Waals surface area contributed by atoms with Gasteiger partial charge in [0.2, 0.25) is 0 Å². The predicted octanol–water partition coefficient (Wildman–Crippen LogP) is 2.80. The predicted molar refractivity (Wildman–Crippen MR) is 89.5 cm³/mol. The SMILES string of the molecule is CCCNC(=O)c1ccnc(C(=O)NCc2ccc(Cl)cc2)c1. The molecule has 2 N–H and O–H groups in total. The molecule has 0 saturated heterocycles. The van der Waals surface area contributed by atoms with Crippen LogP contribution in [0.1, 0.15) is 39.8 Å². The van der Waals surface area contributed by atoms with Crippen LogP contribution in [0.4, 0.5) is 0 Å². The van der Waals surface area contributed by atoms with Crippen LogP contribution in [0, 0.1) is 0 Å². The lowest BCUT2D eigenvalue weighted by Gasteiger charge is -2.07. The Labute approximate surface area is 140 Å². The molecule has 120 valence electrons. The Morgan fingerprint density at radius 3 is 2.52 bits per heavy atom. The highest BCUT2D eigenvalue weighted by Crippen LogP contribution is 2.09. The highest BCUT2D eigenvalue weighted by atomic mass is 35.5. The minimum Gasteiger partial charge on any atom is -0.352 e. The molecule has 1 aromatic carbocycles. The maximum absolute atomic E-state index is 12.1. The van der Waals surface area contributed by atoms with E-state index in [4.69, 9.17) is 11.6 Å². The molecule has 0 atom stereocenters. The maximum atomic E-state index is 12.1. The Morgan fingerprint density at radius 1 is 1.09 bits per heavy atom. The van der Waals surface area contributed by atoms with Gasteiger partial charge in [0.25, 0.3) is 11.8 Å². The number of carbonyl (C=O) groups is 2. The number of amides is 2. The highest BCUT2D eigenvalue weighted by Gasteiger charge is 2.11. The number of rotatable bonds is 6. The van der Waals surface area contributed by atoms with Crippen molar-refractivity contribution in [1.82, 2.24) is 15.6 Å². The third-order valence-corrected chi connectivity index (χ3v) is 3.41. The molecule has 0 fully saturated rings. The van der Waals surface area contributed by atoms with Crippen LogP contribution >= 0.6 is 11.6 Å². The first-order valence-electron chi connectivity index (χ1n) is 7.37. The van der Waals surface area contributed by atoms with E-state index < -0.39 is 0 Å². The van der Waals surface area contributed by atoms with Crippen molar-refractivity contribution in [2.75, 3.05) is 6.54 Å². The normalized spacial score (nSPS) is 10.2. The number of nitrogens with zero attached hydrogens (tertiary/aromatic N) is 1. The first-order valence-corrected chi connectivity index (χ1v) is 7.75. The van der Waals surface area contributed by atoms with Crippen LogP contribution in [0.15, 0.2) is 42.6 Å². The summed E-state index contributed by atoms with van der Waals surface area (Å²) in [5.41, 5.74) is 1.56. The van der Waals surface area contributed by atoms with Gasteiger partial charge in [-0.3, -0.25) is 14.6 Å². The molecule has 1 heterocycles. The summed E-state index contributed by atoms with van der Waals surface area (Å²) in [6.07, 6.45) is 2.31. The maximum Gasteiger partial charge on any atom is 0.270 e. The molecule has 0 spiro atoms. The second kappa shape index (κ2) is 8.29. The van der Waals surface area contributed by atoms with Gasteiger partial charge in [-0.15, -0.1) is 0 Å². The number of pyridine rings is 1. The van der Waals surface area contributed by atoms with Gasteiger partial charge in [-0.05, 0) is 36.2 Å². The molecule has 2 aromatic rings. The molecule has 0 aliphatic rings. The largest absolute Gasteiger partial charge is 0.352 e. The van der Waals surface area contributed by atoms with Gasteiger partial charge in [0.1, 0.15) is 5.69 Å². The average molecular weight is 332 g/mol. The van der Waals surface area contributed by atoms with Crippen molar-refractivity contribution in [3.8, 4) is 0 Å². The summed E-state index contributed by atoms with van der Waals surface area (Å²) < 4.78 is 0. The van der Waals surface area contributed by atoms with Crippen molar-refractivity contribution in [2.24, 2.45) is 0 Å². The number of aromatic nitrogens is 1. The van der Waals surface area contributed by atoms with Crippen molar-refractivity contribution in [2.45, 2.75) is 19.9 Å². The van der Waals surface area contributed by atoms with E-state index in [9.17, 15) is 9.59 Å². The van der Waals surface area contributed by atoms with Crippen molar-refractivity contribution in [3.05, 3.63) is 64.4 Å². The highest BCUT2D eigenvalue weighted by molar-refractivity contribution is 6.30. The first-order chi connectivity index (χ1) is 11.1. The number of benzene rings is 1. The molecule has 5 nitrogen and oxygen atoms in total. The van der Waals surface area contributed by atoms with Crippen LogP contribution in [-0.2, 0) is 6.54 Å². The molecule has 2 amide bonds. The molecule has 0 bridgehead atoms. The van der Waals surface area contributed by atoms with E-state index in [1.165, 1.54) is 12.3 Å². The molecule has 0 unspecified atom stereocenters. The van der Waals surface area contributed by atoms with Gasteiger partial charge in [0.15, 0.2) is 0 Å². The molecular weight excluding hydrogens is 314 g/mol. The fourth-order valence-electron chi connectivity index (χ4n) is 1.91. The monoisotopic (exact) mass is 331 g/mol. The third-order valence-electron chi connectivity index (χ3n) is 3.16. The van der Waals surface area contributed by atoms with Crippen molar-refractivity contribution in [3.63, 3.8) is 0 Å². The fraction of sp³-hybridized carbons (Fsp3) is 0.235. The molecule has 0 saturated carbocycles. The molecule has 1 aromatic heterocycles. The minimum atomic E-state index is -0.329. The topological polar surface area (TPSA) is 71.1 Å². The Bertz CT molecular complexity index is 686. The summed E-state index contributed by atoms with van der Waals surface area (Å²) in [5, 5.41) is 6.18. The molecule has 23 heavy (non-hydrogen) atoms. The summed E-state index contributed by atoms with van der Waals surface area (Å²) in [6.45, 7) is 2.94. The second-order valence-electron chi connectivity index (χ2n) is 4.99. The summed E-state index contributed by atoms with van der Waals surface area (Å²) in [5.74, 6) is -0.536. The van der Waals surface area contributed by atoms with E-state index in [2.05, 4.69) is 15.6 Å². The third kappa shape index (κ3) is 5.07. The smallest absolute Gasteiger partial charge is 0.270 e. The quantitative estimate of drug-likeness (QED) is 0.855. The van der Waals surface area contributed by atoms with Crippen molar-refractivity contribution >= 4 is 23.4 Å². The Morgan fingerprint density at radius 2 is 1.83 bits per heavy atom. The van der Waals surface area contributed by atoms with Gasteiger partial charge in [-0.1, -0.05) is 30.7 Å². The Balaban J connectivity index is 1.99. The van der Waals surface area contributed by atoms with Crippen LogP contribution in [-0.4, -0.2) is 23.3 Å². The van der Waals surface area contributed by atoms with E-state index in [1.807, 2.05) is 19.1 Å². The summed E-state index contributed by atoms with van der Waals surface area (Å²) in [7, 11) is 0. The number of hydrogen-bond donors (Lipinski definition) is 2. The van der Waals surface area contributed by atoms with Crippen LogP contribution in [0.3, 0.4) is 0 Å². The van der Waals surface area contributed by atoms with E-state index in [-0.39, 0.29) is 17.5 Å². The van der Waals surface area contributed by atoms with Crippen LogP contribution < -0.4 is 10.6 Å². The zero-order chi connectivity index (χ0) is 16.7. The van der Waals surface area contributed by atoms with Crippen LogP contribution in [0.2, 0.25) is 5.02 Å². The average Bonchev–Trinajstić information content (AvgIpc) is 2.59. The zero-order valence-corrected chi connectivity index (χ0v) is 13.6. The molecule has 0 aliphatic heterocycles. The molecular formula is C17H18ClN3O2. The lowest BCUT2D eigenvalue weighted by Crippen LogP contribution is -2.26. The summed E-state index contributed by atoms with van der Waals surface area (Å²) in [6, 6.07) is 10.3. The van der Waals surface area contributed by atoms with Gasteiger partial charge in [0, 0.05) is 29.9 Å². The molecule has 2 rings (SSSR count). The number of hydrogen-bond acceptors (Lipinski definition) is 3. The lowest BCUT2D eigenvalue weighted by atomic mass is 10.2. The van der Waals surface area contributed by atoms with Gasteiger partial charge in [-0.2, -0.15) is 0 Å². The molecule has 0 radical (unpaired) electrons. The van der Waals surface area contributed by atoms with Gasteiger partial charge >= 0.3 is 0 Å². The number of nitrogens with one attached hydrogen (secondary N) is 2. The lowest BCUT2D eigenvalue weighted by molar-refractivity contribution is 0.0946. The van der Waals surface area contributed by atoms with Crippen LogP contribution in [0.25, 0.3) is 0 Å². The Kier molecular flexibility index (Phi) is 6.11. The fourth-order valence-corrected chi connectivity index (χ4v) is 2.04. The van der Waals surface area contributed by atoms with Crippen molar-refractivity contribution < 1.29 is 9.59 Å². The standard InChI is InChI=1S/C17H18ClN3O2/c1-2-8-20-16(22)13-7-9-19-15(10-13)17(23)21-11-12-3-5-14(18)6-4-12/h3-7,9-10H,2,8,11H2,1H3,(H,20,22)(H,21,23). The molecule has 0 aliphatic carbocycles. The second-order valence-corrected chi connectivity index (χ2v) is 5.43. The summed E-state index contributed by atoms with van der Waals surface area (Å²) >= 11 is 5.82. The van der Waals surface area contributed by atoms with Crippen molar-refractivity contribution in [1.29, 1.82) is 0 Å². The van der Waals surface area contributed by atoms with E-state index in [0.29, 0.717) is 23.7 Å². The van der Waals surface area contributed by atoms with Gasteiger partial charge < -0.3 is 10.6 Å². The van der Waals surface area contributed by atoms with Gasteiger partial charge in [-0.25, -0.2) is 0 Å². The van der Waals surface area contributed by atoms with E-state index >= 15 is 0 Å². The minimum absolute atomic E-state index is 0.207. The number of carbonyl (C=O) groups excluding carboxylic acids is 2. The Hall–Kier alpha value is -2.40. The van der Waals surface area contributed by atoms with E-state index in [0.717, 1.165) is 12.0 Å². The zero-order valence-electron chi connectivity index (χ0n) is 12.8. The van der Waals surface area contributed by atoms with Gasteiger partial charge in [0.05, 0.1) is 0 Å². The first kappa shape index (κ1) is 17.0. The van der Waals surface area contributed by atoms with Crippen LogP contribution in [0.5, 0.6) is 0 Å². The summed E-state index contributed by atoms with van der Waals surface area (Å²) in [4.78, 5) is 28.1. The number of halogens is 1. The molecule has 6 heteroatoms.